The summed E-state index contributed by atoms with van der Waals surface area (Å²) in [4.78, 5) is 37.0. The maximum atomic E-state index is 12.4. The van der Waals surface area contributed by atoms with E-state index in [4.69, 9.17) is 0 Å². The Morgan fingerprint density at radius 1 is 1.33 bits per heavy atom. The van der Waals surface area contributed by atoms with Gasteiger partial charge in [0.1, 0.15) is 6.04 Å². The van der Waals surface area contributed by atoms with Gasteiger partial charge >= 0.3 is 0 Å². The minimum atomic E-state index is -0.597. The monoisotopic (exact) mass is 286 g/mol. The number of carbonyl (C=O) groups is 3. The number of rotatable bonds is 4. The molecule has 2 heterocycles. The fourth-order valence-electron chi connectivity index (χ4n) is 2.54. The van der Waals surface area contributed by atoms with Crippen molar-refractivity contribution in [3.8, 4) is 0 Å². The van der Waals surface area contributed by atoms with Gasteiger partial charge in [-0.25, -0.2) is 0 Å². The standard InChI is InChI=1S/C16H18N2O3/c1-4-10(3)8-11-9-18(16(21)12(11)5-2)13-6-7-14(19)17-15(13)20/h4-5,8,13H,1-2,6-7,9H2,3H3,(H,17,19,20)/b10-8-. The lowest BCUT2D eigenvalue weighted by Gasteiger charge is -2.29. The van der Waals surface area contributed by atoms with Gasteiger partial charge < -0.3 is 4.90 Å². The summed E-state index contributed by atoms with van der Waals surface area (Å²) in [6.07, 6.45) is 5.69. The third kappa shape index (κ3) is 2.86. The van der Waals surface area contributed by atoms with E-state index in [-0.39, 0.29) is 18.2 Å². The molecule has 1 N–H and O–H groups in total. The van der Waals surface area contributed by atoms with E-state index in [1.807, 2.05) is 13.0 Å². The number of piperidine rings is 1. The lowest BCUT2D eigenvalue weighted by molar-refractivity contribution is -0.142. The van der Waals surface area contributed by atoms with Gasteiger partial charge in [-0.2, -0.15) is 0 Å². The number of hydrogen-bond acceptors (Lipinski definition) is 3. The molecule has 2 aliphatic heterocycles. The van der Waals surface area contributed by atoms with E-state index in [9.17, 15) is 14.4 Å². The maximum Gasteiger partial charge on any atom is 0.255 e. The van der Waals surface area contributed by atoms with E-state index in [1.165, 1.54) is 11.0 Å². The van der Waals surface area contributed by atoms with E-state index < -0.39 is 11.9 Å². The second-order valence-electron chi connectivity index (χ2n) is 5.14. The molecule has 1 saturated heterocycles. The van der Waals surface area contributed by atoms with Crippen LogP contribution >= 0.6 is 0 Å². The Labute approximate surface area is 123 Å². The molecule has 2 rings (SSSR count). The van der Waals surface area contributed by atoms with Gasteiger partial charge in [0.2, 0.25) is 11.8 Å². The molecule has 0 saturated carbocycles. The largest absolute Gasteiger partial charge is 0.322 e. The van der Waals surface area contributed by atoms with Crippen molar-refractivity contribution in [1.82, 2.24) is 10.2 Å². The van der Waals surface area contributed by atoms with Crippen molar-refractivity contribution in [3.63, 3.8) is 0 Å². The van der Waals surface area contributed by atoms with Crippen molar-refractivity contribution >= 4 is 17.7 Å². The number of allylic oxidation sites excluding steroid dienone is 2. The fraction of sp³-hybridized carbons (Fsp3) is 0.312. The van der Waals surface area contributed by atoms with Crippen LogP contribution in [0.2, 0.25) is 0 Å². The Morgan fingerprint density at radius 2 is 2.05 bits per heavy atom. The summed E-state index contributed by atoms with van der Waals surface area (Å²) in [5.41, 5.74) is 2.25. The van der Waals surface area contributed by atoms with Crippen LogP contribution in [0.15, 0.2) is 48.1 Å². The Balaban J connectivity index is 2.25. The molecule has 0 aliphatic carbocycles. The predicted octanol–water partition coefficient (Wildman–Crippen LogP) is 1.25. The third-order valence-electron chi connectivity index (χ3n) is 3.69. The van der Waals surface area contributed by atoms with E-state index >= 15 is 0 Å². The van der Waals surface area contributed by atoms with Crippen LogP contribution in [-0.4, -0.2) is 35.2 Å². The zero-order valence-corrected chi connectivity index (χ0v) is 12.0. The van der Waals surface area contributed by atoms with Crippen molar-refractivity contribution in [2.75, 3.05) is 6.54 Å². The van der Waals surface area contributed by atoms with Crippen molar-refractivity contribution in [3.05, 3.63) is 48.1 Å². The number of nitrogens with one attached hydrogen (secondary N) is 1. The molecule has 3 amide bonds. The smallest absolute Gasteiger partial charge is 0.255 e. The van der Waals surface area contributed by atoms with Gasteiger partial charge in [0.05, 0.1) is 0 Å². The molecule has 1 atom stereocenters. The van der Waals surface area contributed by atoms with Gasteiger partial charge in [0.15, 0.2) is 0 Å². The highest BCUT2D eigenvalue weighted by Crippen LogP contribution is 2.26. The van der Waals surface area contributed by atoms with Crippen molar-refractivity contribution in [1.29, 1.82) is 0 Å². The second-order valence-corrected chi connectivity index (χ2v) is 5.14. The summed E-state index contributed by atoms with van der Waals surface area (Å²) in [6.45, 7) is 9.59. The van der Waals surface area contributed by atoms with Gasteiger partial charge in [-0.1, -0.05) is 37.0 Å². The van der Waals surface area contributed by atoms with Crippen LogP contribution in [-0.2, 0) is 14.4 Å². The molecule has 0 radical (unpaired) electrons. The van der Waals surface area contributed by atoms with Crippen LogP contribution in [0.5, 0.6) is 0 Å². The van der Waals surface area contributed by atoms with E-state index in [0.717, 1.165) is 11.1 Å². The molecule has 1 unspecified atom stereocenters. The predicted molar refractivity (Wildman–Crippen MR) is 79.1 cm³/mol. The quantitative estimate of drug-likeness (QED) is 0.625. The van der Waals surface area contributed by atoms with Gasteiger partial charge in [-0.3, -0.25) is 19.7 Å². The molecule has 0 aromatic heterocycles. The summed E-state index contributed by atoms with van der Waals surface area (Å²) in [6, 6.07) is -0.597. The molecule has 0 spiro atoms. The van der Waals surface area contributed by atoms with Crippen LogP contribution in [0.25, 0.3) is 0 Å². The Kier molecular flexibility index (Phi) is 4.21. The lowest BCUT2D eigenvalue weighted by atomic mass is 10.0. The molecule has 1 fully saturated rings. The van der Waals surface area contributed by atoms with Crippen LogP contribution in [0.4, 0.5) is 0 Å². The number of nitrogens with zero attached hydrogens (tertiary/aromatic N) is 1. The highest BCUT2D eigenvalue weighted by atomic mass is 16.2. The normalized spacial score (nSPS) is 23.5. The summed E-state index contributed by atoms with van der Waals surface area (Å²) in [5.74, 6) is -0.918. The minimum absolute atomic E-state index is 0.220. The van der Waals surface area contributed by atoms with E-state index in [1.54, 1.807) is 6.08 Å². The molecular weight excluding hydrogens is 268 g/mol. The van der Waals surface area contributed by atoms with Crippen LogP contribution in [0, 0.1) is 0 Å². The minimum Gasteiger partial charge on any atom is -0.322 e. The Bertz CT molecular complexity index is 599. The molecule has 0 aromatic carbocycles. The van der Waals surface area contributed by atoms with Gasteiger partial charge in [0.25, 0.3) is 5.91 Å². The summed E-state index contributed by atoms with van der Waals surface area (Å²) < 4.78 is 0. The molecule has 5 nitrogen and oxygen atoms in total. The first kappa shape index (κ1) is 15.0. The molecule has 21 heavy (non-hydrogen) atoms. The molecule has 0 bridgehead atoms. The SMILES string of the molecule is C=CC1=C(/C=C(/C)C=C)CN(C2CCC(=O)NC2=O)C1=O. The number of amides is 3. The summed E-state index contributed by atoms with van der Waals surface area (Å²) >= 11 is 0. The molecule has 110 valence electrons. The Hall–Kier alpha value is -2.43. The fourth-order valence-corrected chi connectivity index (χ4v) is 2.54. The van der Waals surface area contributed by atoms with Crippen molar-refractivity contribution in [2.24, 2.45) is 0 Å². The maximum absolute atomic E-state index is 12.4. The first-order chi connectivity index (χ1) is 9.97. The molecular formula is C16H18N2O3. The zero-order chi connectivity index (χ0) is 15.6. The van der Waals surface area contributed by atoms with Crippen LogP contribution in [0.1, 0.15) is 19.8 Å². The zero-order valence-electron chi connectivity index (χ0n) is 12.0. The van der Waals surface area contributed by atoms with E-state index in [0.29, 0.717) is 18.5 Å². The van der Waals surface area contributed by atoms with Gasteiger partial charge in [-0.15, -0.1) is 0 Å². The number of imide groups is 1. The van der Waals surface area contributed by atoms with Gasteiger partial charge in [0, 0.05) is 18.5 Å². The highest BCUT2D eigenvalue weighted by Gasteiger charge is 2.38. The lowest BCUT2D eigenvalue weighted by Crippen LogP contribution is -2.53. The van der Waals surface area contributed by atoms with Crippen LogP contribution < -0.4 is 5.32 Å². The summed E-state index contributed by atoms with van der Waals surface area (Å²) in [5, 5.41) is 2.28. The van der Waals surface area contributed by atoms with E-state index in [2.05, 4.69) is 18.5 Å². The van der Waals surface area contributed by atoms with Gasteiger partial charge in [-0.05, 0) is 18.9 Å². The van der Waals surface area contributed by atoms with Crippen LogP contribution in [0.3, 0.4) is 0 Å². The third-order valence-corrected chi connectivity index (χ3v) is 3.69. The summed E-state index contributed by atoms with van der Waals surface area (Å²) in [7, 11) is 0. The average Bonchev–Trinajstić information content (AvgIpc) is 2.74. The van der Waals surface area contributed by atoms with Crippen molar-refractivity contribution < 1.29 is 14.4 Å². The highest BCUT2D eigenvalue weighted by molar-refractivity contribution is 6.06. The molecule has 5 heteroatoms. The average molecular weight is 286 g/mol. The topological polar surface area (TPSA) is 66.5 Å². The second kappa shape index (κ2) is 5.91. The van der Waals surface area contributed by atoms with Crippen molar-refractivity contribution in [2.45, 2.75) is 25.8 Å². The Morgan fingerprint density at radius 3 is 2.62 bits per heavy atom. The molecule has 2 aliphatic rings. The molecule has 0 aromatic rings. The number of hydrogen-bond donors (Lipinski definition) is 1. The number of carbonyl (C=O) groups excluding carboxylic acids is 3. The first-order valence-corrected chi connectivity index (χ1v) is 6.79. The first-order valence-electron chi connectivity index (χ1n) is 6.79.